The highest BCUT2D eigenvalue weighted by molar-refractivity contribution is 6.24. The van der Waals surface area contributed by atoms with E-state index in [1.54, 1.807) is 0 Å². The van der Waals surface area contributed by atoms with Crippen molar-refractivity contribution < 1.29 is 4.42 Å². The van der Waals surface area contributed by atoms with Crippen LogP contribution in [0.5, 0.6) is 0 Å². The first-order chi connectivity index (χ1) is 21.3. The highest BCUT2D eigenvalue weighted by atomic mass is 16.3. The van der Waals surface area contributed by atoms with E-state index in [1.165, 1.54) is 60.4 Å². The Hall–Kier alpha value is -5.60. The summed E-state index contributed by atoms with van der Waals surface area (Å²) in [5, 5.41) is 7.31. The summed E-state index contributed by atoms with van der Waals surface area (Å²) in [7, 11) is 0. The standard InChI is InChI=1S/C41H27NO/c1-26-10-2-3-11-29(26)33-23-22-30(31-12-4-5-13-32(31)33)27-18-20-28(21-19-27)42-37-16-8-6-14-34(37)35-24-25-39-40(41(35)42)36-15-7-9-17-38(36)43-39/h2-25H,1H3. The average Bonchev–Trinajstić information content (AvgIpc) is 3.60. The Morgan fingerprint density at radius 3 is 1.91 bits per heavy atom. The molecule has 202 valence electrons. The number of fused-ring (bicyclic) bond motifs is 8. The lowest BCUT2D eigenvalue weighted by molar-refractivity contribution is 0.669. The first-order valence-electron chi connectivity index (χ1n) is 14.8. The fraction of sp³-hybridized carbons (Fsp3) is 0.0244. The lowest BCUT2D eigenvalue weighted by Gasteiger charge is -2.14. The van der Waals surface area contributed by atoms with Crippen molar-refractivity contribution >= 4 is 54.5 Å². The minimum atomic E-state index is 0.912. The van der Waals surface area contributed by atoms with E-state index >= 15 is 0 Å². The molecule has 0 aliphatic rings. The van der Waals surface area contributed by atoms with Crippen molar-refractivity contribution in [3.63, 3.8) is 0 Å². The molecule has 0 spiro atoms. The third-order valence-electron chi connectivity index (χ3n) is 8.97. The van der Waals surface area contributed by atoms with Gasteiger partial charge >= 0.3 is 0 Å². The topological polar surface area (TPSA) is 18.1 Å². The SMILES string of the molecule is Cc1ccccc1-c1ccc(-c2ccc(-n3c4ccccc4c4ccc5oc6ccccc6c5c43)cc2)c2ccccc12. The van der Waals surface area contributed by atoms with Crippen molar-refractivity contribution in [1.82, 2.24) is 4.57 Å². The van der Waals surface area contributed by atoms with Crippen LogP contribution in [0.15, 0.2) is 150 Å². The Balaban J connectivity index is 1.26. The summed E-state index contributed by atoms with van der Waals surface area (Å²) >= 11 is 0. The van der Waals surface area contributed by atoms with Gasteiger partial charge in [-0.05, 0) is 81.9 Å². The van der Waals surface area contributed by atoms with Gasteiger partial charge in [0.2, 0.25) is 0 Å². The maximum Gasteiger partial charge on any atom is 0.137 e. The fourth-order valence-electron chi connectivity index (χ4n) is 6.98. The number of hydrogen-bond donors (Lipinski definition) is 0. The quantitative estimate of drug-likeness (QED) is 0.214. The number of benzene rings is 7. The fourth-order valence-corrected chi connectivity index (χ4v) is 6.98. The minimum absolute atomic E-state index is 0.912. The lowest BCUT2D eigenvalue weighted by Crippen LogP contribution is -1.94. The van der Waals surface area contributed by atoms with Crippen LogP contribution >= 0.6 is 0 Å². The summed E-state index contributed by atoms with van der Waals surface area (Å²) < 4.78 is 8.70. The summed E-state index contributed by atoms with van der Waals surface area (Å²) in [6, 6.07) is 52.3. The van der Waals surface area contributed by atoms with Crippen LogP contribution < -0.4 is 0 Å². The molecule has 0 saturated heterocycles. The maximum atomic E-state index is 6.30. The van der Waals surface area contributed by atoms with Gasteiger partial charge in [0.15, 0.2) is 0 Å². The van der Waals surface area contributed by atoms with Crippen LogP contribution in [-0.4, -0.2) is 4.57 Å². The third kappa shape index (κ3) is 3.53. The Labute approximate surface area is 249 Å². The second-order valence-electron chi connectivity index (χ2n) is 11.4. The molecule has 0 atom stereocenters. The molecular formula is C41H27NO. The van der Waals surface area contributed by atoms with E-state index in [4.69, 9.17) is 4.42 Å². The molecule has 9 rings (SSSR count). The highest BCUT2D eigenvalue weighted by Crippen LogP contribution is 2.41. The van der Waals surface area contributed by atoms with Gasteiger partial charge in [-0.2, -0.15) is 0 Å². The zero-order valence-electron chi connectivity index (χ0n) is 23.7. The average molecular weight is 550 g/mol. The van der Waals surface area contributed by atoms with Crippen molar-refractivity contribution in [2.45, 2.75) is 6.92 Å². The van der Waals surface area contributed by atoms with Gasteiger partial charge < -0.3 is 8.98 Å². The molecule has 0 amide bonds. The number of para-hydroxylation sites is 2. The number of furan rings is 1. The molecule has 9 aromatic rings. The smallest absolute Gasteiger partial charge is 0.137 e. The molecule has 0 fully saturated rings. The molecule has 0 unspecified atom stereocenters. The molecule has 2 aromatic heterocycles. The summed E-state index contributed by atoms with van der Waals surface area (Å²) in [6.45, 7) is 2.19. The molecule has 2 heteroatoms. The number of aryl methyl sites for hydroxylation is 1. The molecule has 0 aliphatic carbocycles. The van der Waals surface area contributed by atoms with Gasteiger partial charge in [0.25, 0.3) is 0 Å². The number of hydrogen-bond acceptors (Lipinski definition) is 1. The number of aromatic nitrogens is 1. The van der Waals surface area contributed by atoms with Crippen molar-refractivity contribution in [3.05, 3.63) is 151 Å². The van der Waals surface area contributed by atoms with Gasteiger partial charge in [0.05, 0.1) is 16.4 Å². The Morgan fingerprint density at radius 2 is 1.09 bits per heavy atom. The molecular weight excluding hydrogens is 522 g/mol. The Bertz CT molecular complexity index is 2510. The monoisotopic (exact) mass is 549 g/mol. The van der Waals surface area contributed by atoms with E-state index in [-0.39, 0.29) is 0 Å². The van der Waals surface area contributed by atoms with Gasteiger partial charge in [-0.25, -0.2) is 0 Å². The molecule has 0 saturated carbocycles. The van der Waals surface area contributed by atoms with E-state index in [0.717, 1.165) is 27.6 Å². The molecule has 7 aromatic carbocycles. The van der Waals surface area contributed by atoms with Crippen molar-refractivity contribution in [2.75, 3.05) is 0 Å². The van der Waals surface area contributed by atoms with Crippen LogP contribution in [0.4, 0.5) is 0 Å². The second kappa shape index (κ2) is 9.20. The van der Waals surface area contributed by atoms with Crippen LogP contribution in [0.2, 0.25) is 0 Å². The third-order valence-corrected chi connectivity index (χ3v) is 8.97. The van der Waals surface area contributed by atoms with Crippen molar-refractivity contribution in [2.24, 2.45) is 0 Å². The van der Waals surface area contributed by atoms with Gasteiger partial charge in [-0.15, -0.1) is 0 Å². The lowest BCUT2D eigenvalue weighted by atomic mass is 9.90. The van der Waals surface area contributed by atoms with E-state index in [1.807, 2.05) is 6.07 Å². The van der Waals surface area contributed by atoms with Crippen molar-refractivity contribution in [1.29, 1.82) is 0 Å². The predicted octanol–water partition coefficient (Wildman–Crippen LogP) is 11.5. The zero-order chi connectivity index (χ0) is 28.5. The Morgan fingerprint density at radius 1 is 0.442 bits per heavy atom. The van der Waals surface area contributed by atoms with Gasteiger partial charge in [0, 0.05) is 21.8 Å². The van der Waals surface area contributed by atoms with E-state index in [9.17, 15) is 0 Å². The van der Waals surface area contributed by atoms with Gasteiger partial charge in [-0.1, -0.05) is 109 Å². The van der Waals surface area contributed by atoms with Crippen molar-refractivity contribution in [3.8, 4) is 27.9 Å². The molecule has 0 aliphatic heterocycles. The predicted molar refractivity (Wildman–Crippen MR) is 181 cm³/mol. The Kier molecular flexibility index (Phi) is 5.15. The van der Waals surface area contributed by atoms with E-state index < -0.39 is 0 Å². The maximum absolute atomic E-state index is 6.30. The molecule has 0 N–H and O–H groups in total. The molecule has 43 heavy (non-hydrogen) atoms. The summed E-state index contributed by atoms with van der Waals surface area (Å²) in [4.78, 5) is 0. The first kappa shape index (κ1) is 24.0. The van der Waals surface area contributed by atoms with E-state index in [2.05, 4.69) is 151 Å². The van der Waals surface area contributed by atoms with Crippen LogP contribution in [0.1, 0.15) is 5.56 Å². The number of rotatable bonds is 3. The molecule has 2 nitrogen and oxygen atoms in total. The largest absolute Gasteiger partial charge is 0.456 e. The zero-order valence-corrected chi connectivity index (χ0v) is 23.7. The van der Waals surface area contributed by atoms with E-state index in [0.29, 0.717) is 0 Å². The summed E-state index contributed by atoms with van der Waals surface area (Å²) in [5.74, 6) is 0. The van der Waals surface area contributed by atoms with Crippen LogP contribution in [0.25, 0.3) is 82.5 Å². The summed E-state index contributed by atoms with van der Waals surface area (Å²) in [6.07, 6.45) is 0. The van der Waals surface area contributed by atoms with Gasteiger partial charge in [-0.3, -0.25) is 0 Å². The molecule has 2 heterocycles. The normalized spacial score (nSPS) is 11.8. The van der Waals surface area contributed by atoms with Crippen LogP contribution in [0, 0.1) is 6.92 Å². The van der Waals surface area contributed by atoms with Crippen LogP contribution in [0.3, 0.4) is 0 Å². The summed E-state index contributed by atoms with van der Waals surface area (Å²) in [5.41, 5.74) is 11.6. The molecule has 0 bridgehead atoms. The van der Waals surface area contributed by atoms with Gasteiger partial charge in [0.1, 0.15) is 11.2 Å². The number of nitrogens with zero attached hydrogens (tertiary/aromatic N) is 1. The minimum Gasteiger partial charge on any atom is -0.456 e. The first-order valence-corrected chi connectivity index (χ1v) is 14.8. The second-order valence-corrected chi connectivity index (χ2v) is 11.4. The van der Waals surface area contributed by atoms with Crippen LogP contribution in [-0.2, 0) is 0 Å². The molecule has 0 radical (unpaired) electrons. The highest BCUT2D eigenvalue weighted by Gasteiger charge is 2.19.